The highest BCUT2D eigenvalue weighted by Crippen LogP contribution is 2.20. The lowest BCUT2D eigenvalue weighted by Gasteiger charge is -2.18. The number of aliphatic hydroxyl groups is 1. The fraction of sp³-hybridized carbons (Fsp3) is 0.417. The Morgan fingerprint density at radius 1 is 1.59 bits per heavy atom. The van der Waals surface area contributed by atoms with Gasteiger partial charge < -0.3 is 10.2 Å². The number of hydrogen-bond acceptors (Lipinski definition) is 4. The van der Waals surface area contributed by atoms with Gasteiger partial charge in [0.15, 0.2) is 0 Å². The molecule has 0 aromatic carbocycles. The number of hydrogen-bond donors (Lipinski definition) is 2. The highest BCUT2D eigenvalue weighted by molar-refractivity contribution is 7.10. The maximum absolute atomic E-state index is 10.5. The van der Waals surface area contributed by atoms with Crippen LogP contribution in [-0.4, -0.2) is 40.8 Å². The standard InChI is InChI=1S/C12H17NO3S/c1-2-13(6-7-14)9-11-10(5-8-17-11)3-4-12(15)16/h3-5,8,14H,2,6-7,9H2,1H3,(H,15,16). The van der Waals surface area contributed by atoms with Crippen molar-refractivity contribution in [3.05, 3.63) is 28.0 Å². The lowest BCUT2D eigenvalue weighted by atomic mass is 10.2. The molecular weight excluding hydrogens is 238 g/mol. The van der Waals surface area contributed by atoms with Gasteiger partial charge in [-0.15, -0.1) is 11.3 Å². The van der Waals surface area contributed by atoms with Crippen LogP contribution in [0.5, 0.6) is 0 Å². The van der Waals surface area contributed by atoms with E-state index in [1.807, 2.05) is 18.4 Å². The largest absolute Gasteiger partial charge is 0.478 e. The Bertz CT molecular complexity index is 387. The van der Waals surface area contributed by atoms with Crippen molar-refractivity contribution in [2.75, 3.05) is 19.7 Å². The molecule has 0 saturated carbocycles. The minimum atomic E-state index is -0.940. The van der Waals surface area contributed by atoms with Crippen molar-refractivity contribution in [2.45, 2.75) is 13.5 Å². The van der Waals surface area contributed by atoms with E-state index in [9.17, 15) is 4.79 Å². The number of aliphatic hydroxyl groups excluding tert-OH is 1. The first kappa shape index (κ1) is 13.9. The molecule has 0 fully saturated rings. The van der Waals surface area contributed by atoms with E-state index in [4.69, 9.17) is 10.2 Å². The van der Waals surface area contributed by atoms with Crippen molar-refractivity contribution in [3.63, 3.8) is 0 Å². The van der Waals surface area contributed by atoms with Gasteiger partial charge in [-0.2, -0.15) is 0 Å². The molecule has 1 aromatic rings. The molecule has 0 atom stereocenters. The number of thiophene rings is 1. The predicted octanol–water partition coefficient (Wildman–Crippen LogP) is 1.66. The molecule has 1 rings (SSSR count). The molecule has 17 heavy (non-hydrogen) atoms. The average Bonchev–Trinajstić information content (AvgIpc) is 2.73. The van der Waals surface area contributed by atoms with E-state index >= 15 is 0 Å². The molecule has 0 saturated heterocycles. The van der Waals surface area contributed by atoms with Gasteiger partial charge in [-0.05, 0) is 29.6 Å². The zero-order valence-corrected chi connectivity index (χ0v) is 10.6. The van der Waals surface area contributed by atoms with Crippen LogP contribution >= 0.6 is 11.3 Å². The monoisotopic (exact) mass is 255 g/mol. The number of nitrogens with zero attached hydrogens (tertiary/aromatic N) is 1. The van der Waals surface area contributed by atoms with Crippen LogP contribution in [0.2, 0.25) is 0 Å². The highest BCUT2D eigenvalue weighted by Gasteiger charge is 2.07. The number of carboxylic acids is 1. The van der Waals surface area contributed by atoms with Gasteiger partial charge >= 0.3 is 5.97 Å². The van der Waals surface area contributed by atoms with Crippen LogP contribution in [0.1, 0.15) is 17.4 Å². The Hall–Kier alpha value is -1.17. The molecule has 2 N–H and O–H groups in total. The Morgan fingerprint density at radius 2 is 2.35 bits per heavy atom. The van der Waals surface area contributed by atoms with Crippen molar-refractivity contribution in [1.29, 1.82) is 0 Å². The summed E-state index contributed by atoms with van der Waals surface area (Å²) in [5.41, 5.74) is 0.939. The molecule has 5 heteroatoms. The second kappa shape index (κ2) is 7.21. The molecule has 0 spiro atoms. The molecule has 94 valence electrons. The average molecular weight is 255 g/mol. The molecule has 0 aliphatic heterocycles. The van der Waals surface area contributed by atoms with E-state index < -0.39 is 5.97 Å². The van der Waals surface area contributed by atoms with Gasteiger partial charge in [0.05, 0.1) is 6.61 Å². The van der Waals surface area contributed by atoms with E-state index in [-0.39, 0.29) is 6.61 Å². The lowest BCUT2D eigenvalue weighted by molar-refractivity contribution is -0.131. The number of carboxylic acid groups (broad SMARTS) is 1. The zero-order valence-electron chi connectivity index (χ0n) is 9.80. The van der Waals surface area contributed by atoms with Crippen LogP contribution < -0.4 is 0 Å². The second-order valence-corrected chi connectivity index (χ2v) is 4.56. The number of rotatable bonds is 7. The number of likely N-dealkylation sites (N-methyl/N-ethyl adjacent to an activating group) is 1. The summed E-state index contributed by atoms with van der Waals surface area (Å²) in [7, 11) is 0. The Kier molecular flexibility index (Phi) is 5.90. The Labute approximate surface area is 105 Å². The molecule has 1 heterocycles. The van der Waals surface area contributed by atoms with E-state index in [1.165, 1.54) is 0 Å². The maximum Gasteiger partial charge on any atom is 0.328 e. The summed E-state index contributed by atoms with van der Waals surface area (Å²) in [6, 6.07) is 1.91. The van der Waals surface area contributed by atoms with E-state index in [0.717, 1.165) is 29.6 Å². The SMILES string of the molecule is CCN(CCO)Cc1sccc1C=CC(=O)O. The van der Waals surface area contributed by atoms with E-state index in [0.29, 0.717) is 6.54 Å². The summed E-state index contributed by atoms with van der Waals surface area (Å²) in [6.07, 6.45) is 2.76. The number of carbonyl (C=O) groups is 1. The normalized spacial score (nSPS) is 11.5. The van der Waals surface area contributed by atoms with Gasteiger partial charge in [0, 0.05) is 24.0 Å². The fourth-order valence-electron chi connectivity index (χ4n) is 1.48. The third-order valence-electron chi connectivity index (χ3n) is 2.42. The molecule has 0 amide bonds. The van der Waals surface area contributed by atoms with Crippen LogP contribution in [0.15, 0.2) is 17.5 Å². The van der Waals surface area contributed by atoms with Crippen molar-refractivity contribution in [3.8, 4) is 0 Å². The molecule has 4 nitrogen and oxygen atoms in total. The Balaban J connectivity index is 2.70. The van der Waals surface area contributed by atoms with Gasteiger partial charge in [0.1, 0.15) is 0 Å². The minimum Gasteiger partial charge on any atom is -0.478 e. The van der Waals surface area contributed by atoms with Crippen molar-refractivity contribution in [1.82, 2.24) is 4.90 Å². The summed E-state index contributed by atoms with van der Waals surface area (Å²) >= 11 is 1.60. The first-order chi connectivity index (χ1) is 8.17. The van der Waals surface area contributed by atoms with Crippen LogP contribution in [0, 0.1) is 0 Å². The van der Waals surface area contributed by atoms with Crippen molar-refractivity contribution < 1.29 is 15.0 Å². The predicted molar refractivity (Wildman–Crippen MR) is 69.0 cm³/mol. The molecular formula is C12H17NO3S. The topological polar surface area (TPSA) is 60.8 Å². The first-order valence-corrected chi connectivity index (χ1v) is 6.36. The van der Waals surface area contributed by atoms with Crippen LogP contribution in [-0.2, 0) is 11.3 Å². The quantitative estimate of drug-likeness (QED) is 0.727. The van der Waals surface area contributed by atoms with Gasteiger partial charge in [-0.3, -0.25) is 4.90 Å². The first-order valence-electron chi connectivity index (χ1n) is 5.48. The summed E-state index contributed by atoms with van der Waals surface area (Å²) < 4.78 is 0. The van der Waals surface area contributed by atoms with Crippen molar-refractivity contribution >= 4 is 23.4 Å². The Morgan fingerprint density at radius 3 is 2.94 bits per heavy atom. The molecule has 1 aromatic heterocycles. The van der Waals surface area contributed by atoms with Gasteiger partial charge in [-0.25, -0.2) is 4.79 Å². The summed E-state index contributed by atoms with van der Waals surface area (Å²) in [5, 5.41) is 19.4. The van der Waals surface area contributed by atoms with Crippen LogP contribution in [0.3, 0.4) is 0 Å². The molecule has 0 aliphatic rings. The molecule has 0 unspecified atom stereocenters. The van der Waals surface area contributed by atoms with E-state index in [2.05, 4.69) is 4.90 Å². The fourth-order valence-corrected chi connectivity index (χ4v) is 2.39. The zero-order chi connectivity index (χ0) is 12.7. The number of aliphatic carboxylic acids is 1. The minimum absolute atomic E-state index is 0.138. The summed E-state index contributed by atoms with van der Waals surface area (Å²) in [5.74, 6) is -0.940. The van der Waals surface area contributed by atoms with E-state index in [1.54, 1.807) is 17.4 Å². The van der Waals surface area contributed by atoms with Gasteiger partial charge in [-0.1, -0.05) is 6.92 Å². The molecule has 0 bridgehead atoms. The van der Waals surface area contributed by atoms with Gasteiger partial charge in [0.25, 0.3) is 0 Å². The third-order valence-corrected chi connectivity index (χ3v) is 3.34. The van der Waals surface area contributed by atoms with Crippen molar-refractivity contribution in [2.24, 2.45) is 0 Å². The van der Waals surface area contributed by atoms with Gasteiger partial charge in [0.2, 0.25) is 0 Å². The summed E-state index contributed by atoms with van der Waals surface area (Å²) in [4.78, 5) is 13.7. The van der Waals surface area contributed by atoms with Crippen LogP contribution in [0.25, 0.3) is 6.08 Å². The lowest BCUT2D eigenvalue weighted by Crippen LogP contribution is -2.25. The smallest absolute Gasteiger partial charge is 0.328 e. The highest BCUT2D eigenvalue weighted by atomic mass is 32.1. The van der Waals surface area contributed by atoms with Crippen LogP contribution in [0.4, 0.5) is 0 Å². The maximum atomic E-state index is 10.5. The molecule has 0 aliphatic carbocycles. The third kappa shape index (κ3) is 4.68. The summed E-state index contributed by atoms with van der Waals surface area (Å²) in [6.45, 7) is 4.42. The second-order valence-electron chi connectivity index (χ2n) is 3.56. The molecule has 0 radical (unpaired) electrons.